The number of primary amides is 1. The molecule has 1 aliphatic rings. The number of amides is 2. The van der Waals surface area contributed by atoms with Crippen molar-refractivity contribution in [3.63, 3.8) is 0 Å². The van der Waals surface area contributed by atoms with Crippen LogP contribution in [0.5, 0.6) is 0 Å². The van der Waals surface area contributed by atoms with Crippen LogP contribution in [0, 0.1) is 0 Å². The van der Waals surface area contributed by atoms with Crippen molar-refractivity contribution in [3.8, 4) is 0 Å². The minimum Gasteiger partial charge on any atom is -0.369 e. The third-order valence-corrected chi connectivity index (χ3v) is 4.05. The van der Waals surface area contributed by atoms with E-state index >= 15 is 0 Å². The van der Waals surface area contributed by atoms with Gasteiger partial charge in [-0.25, -0.2) is 10.2 Å². The predicted octanol–water partition coefficient (Wildman–Crippen LogP) is 2.41. The molecule has 1 heterocycles. The summed E-state index contributed by atoms with van der Waals surface area (Å²) in [5, 5.41) is 3.80. The SMILES string of the molecule is C[C@@H]1CC(C)(C)N(C)c2ccc(/C=N\NC(N)=O)cc21. The second kappa shape index (κ2) is 5.15. The molecule has 20 heavy (non-hydrogen) atoms. The number of hydrogen-bond acceptors (Lipinski definition) is 3. The molecule has 0 bridgehead atoms. The summed E-state index contributed by atoms with van der Waals surface area (Å²) in [5.74, 6) is 0.494. The molecule has 5 heteroatoms. The summed E-state index contributed by atoms with van der Waals surface area (Å²) in [6.07, 6.45) is 2.72. The lowest BCUT2D eigenvalue weighted by Crippen LogP contribution is -2.45. The van der Waals surface area contributed by atoms with Gasteiger partial charge in [0.15, 0.2) is 0 Å². The highest BCUT2D eigenvalue weighted by Crippen LogP contribution is 2.42. The first-order valence-corrected chi connectivity index (χ1v) is 6.77. The fourth-order valence-electron chi connectivity index (χ4n) is 2.85. The number of rotatable bonds is 2. The van der Waals surface area contributed by atoms with E-state index in [1.165, 1.54) is 11.3 Å². The first-order chi connectivity index (χ1) is 9.31. The van der Waals surface area contributed by atoms with Crippen LogP contribution in [0.1, 0.15) is 44.2 Å². The van der Waals surface area contributed by atoms with Crippen LogP contribution in [0.3, 0.4) is 0 Å². The molecule has 0 spiro atoms. The lowest BCUT2D eigenvalue weighted by Gasteiger charge is -2.45. The first kappa shape index (κ1) is 14.4. The number of nitrogens with two attached hydrogens (primary N) is 1. The third-order valence-electron chi connectivity index (χ3n) is 4.05. The van der Waals surface area contributed by atoms with Gasteiger partial charge >= 0.3 is 6.03 Å². The molecule has 2 rings (SSSR count). The van der Waals surface area contributed by atoms with Gasteiger partial charge in [-0.1, -0.05) is 13.0 Å². The van der Waals surface area contributed by atoms with Crippen molar-refractivity contribution >= 4 is 17.9 Å². The van der Waals surface area contributed by atoms with Crippen molar-refractivity contribution in [1.29, 1.82) is 0 Å². The molecule has 0 aliphatic carbocycles. The summed E-state index contributed by atoms with van der Waals surface area (Å²) < 4.78 is 0. The van der Waals surface area contributed by atoms with Crippen molar-refractivity contribution < 1.29 is 4.79 Å². The van der Waals surface area contributed by atoms with E-state index in [0.29, 0.717) is 5.92 Å². The molecule has 2 amide bonds. The Hall–Kier alpha value is -2.04. The van der Waals surface area contributed by atoms with E-state index in [4.69, 9.17) is 5.73 Å². The molecule has 108 valence electrons. The fourth-order valence-corrected chi connectivity index (χ4v) is 2.85. The van der Waals surface area contributed by atoms with Gasteiger partial charge in [0, 0.05) is 18.3 Å². The number of hydrogen-bond donors (Lipinski definition) is 2. The molecular weight excluding hydrogens is 252 g/mol. The Morgan fingerprint density at radius 3 is 2.90 bits per heavy atom. The number of carbonyl (C=O) groups is 1. The number of anilines is 1. The maximum absolute atomic E-state index is 10.6. The van der Waals surface area contributed by atoms with E-state index < -0.39 is 6.03 Å². The van der Waals surface area contributed by atoms with Crippen molar-refractivity contribution in [2.75, 3.05) is 11.9 Å². The number of fused-ring (bicyclic) bond motifs is 1. The zero-order valence-electron chi connectivity index (χ0n) is 12.5. The Labute approximate surface area is 119 Å². The largest absolute Gasteiger partial charge is 0.369 e. The van der Waals surface area contributed by atoms with E-state index in [1.807, 2.05) is 6.07 Å². The molecule has 3 N–H and O–H groups in total. The lowest BCUT2D eigenvalue weighted by molar-refractivity contribution is 0.249. The molecule has 0 aromatic heterocycles. The van der Waals surface area contributed by atoms with Crippen LogP contribution in [0.4, 0.5) is 10.5 Å². The molecule has 0 unspecified atom stereocenters. The van der Waals surface area contributed by atoms with E-state index in [0.717, 1.165) is 12.0 Å². The molecule has 0 saturated carbocycles. The quantitative estimate of drug-likeness (QED) is 0.642. The van der Waals surface area contributed by atoms with Gasteiger partial charge in [-0.05, 0) is 49.4 Å². The summed E-state index contributed by atoms with van der Waals surface area (Å²) in [6.45, 7) is 6.77. The van der Waals surface area contributed by atoms with Crippen LogP contribution in [0.2, 0.25) is 0 Å². The standard InChI is InChI=1S/C15H22N4O/c1-10-8-15(2,3)19(4)13-6-5-11(7-12(10)13)9-17-18-14(16)20/h5-7,9-10H,8H2,1-4H3,(H3,16,18,20)/b17-9-/t10-/m1/s1. The normalized spacial score (nSPS) is 20.8. The third kappa shape index (κ3) is 2.76. The Balaban J connectivity index is 2.30. The van der Waals surface area contributed by atoms with Crippen LogP contribution >= 0.6 is 0 Å². The maximum atomic E-state index is 10.6. The van der Waals surface area contributed by atoms with Crippen LogP contribution in [0.15, 0.2) is 23.3 Å². The fraction of sp³-hybridized carbons (Fsp3) is 0.467. The van der Waals surface area contributed by atoms with Crippen molar-refractivity contribution in [2.45, 2.75) is 38.6 Å². The number of benzene rings is 1. The van der Waals surface area contributed by atoms with Crippen LogP contribution < -0.4 is 16.1 Å². The van der Waals surface area contributed by atoms with Gasteiger partial charge in [-0.3, -0.25) is 0 Å². The van der Waals surface area contributed by atoms with Gasteiger partial charge in [0.05, 0.1) is 6.21 Å². The molecule has 1 aliphatic heterocycles. The minimum absolute atomic E-state index is 0.162. The highest BCUT2D eigenvalue weighted by Gasteiger charge is 2.33. The Bertz CT molecular complexity index is 551. The van der Waals surface area contributed by atoms with Crippen LogP contribution in [-0.4, -0.2) is 24.8 Å². The van der Waals surface area contributed by atoms with Crippen molar-refractivity contribution in [1.82, 2.24) is 5.43 Å². The van der Waals surface area contributed by atoms with Crippen molar-refractivity contribution in [2.24, 2.45) is 10.8 Å². The van der Waals surface area contributed by atoms with Crippen LogP contribution in [-0.2, 0) is 0 Å². The maximum Gasteiger partial charge on any atom is 0.332 e. The summed E-state index contributed by atoms with van der Waals surface area (Å²) in [4.78, 5) is 12.9. The molecule has 0 saturated heterocycles. The van der Waals surface area contributed by atoms with E-state index in [2.05, 4.69) is 55.4 Å². The van der Waals surface area contributed by atoms with Gasteiger partial charge in [0.2, 0.25) is 0 Å². The Morgan fingerprint density at radius 2 is 2.25 bits per heavy atom. The van der Waals surface area contributed by atoms with E-state index in [1.54, 1.807) is 6.21 Å². The highest BCUT2D eigenvalue weighted by atomic mass is 16.2. The van der Waals surface area contributed by atoms with Gasteiger partial charge in [0.1, 0.15) is 0 Å². The molecule has 0 fully saturated rings. The average molecular weight is 274 g/mol. The summed E-state index contributed by atoms with van der Waals surface area (Å²) >= 11 is 0. The van der Waals surface area contributed by atoms with Gasteiger partial charge in [-0.15, -0.1) is 0 Å². The Morgan fingerprint density at radius 1 is 1.55 bits per heavy atom. The van der Waals surface area contributed by atoms with Crippen molar-refractivity contribution in [3.05, 3.63) is 29.3 Å². The summed E-state index contributed by atoms with van der Waals surface area (Å²) in [5.41, 5.74) is 10.9. The second-order valence-corrected chi connectivity index (χ2v) is 6.03. The van der Waals surface area contributed by atoms with E-state index in [-0.39, 0.29) is 5.54 Å². The minimum atomic E-state index is -0.658. The summed E-state index contributed by atoms with van der Waals surface area (Å²) in [6, 6.07) is 5.57. The predicted molar refractivity (Wildman–Crippen MR) is 82.3 cm³/mol. The number of hydrazone groups is 1. The molecule has 5 nitrogen and oxygen atoms in total. The highest BCUT2D eigenvalue weighted by molar-refractivity contribution is 5.83. The number of nitrogens with zero attached hydrogens (tertiary/aromatic N) is 2. The zero-order valence-corrected chi connectivity index (χ0v) is 12.5. The molecular formula is C15H22N4O. The molecule has 1 aromatic carbocycles. The van der Waals surface area contributed by atoms with E-state index in [9.17, 15) is 4.79 Å². The summed E-state index contributed by atoms with van der Waals surface area (Å²) in [7, 11) is 2.13. The van der Waals surface area contributed by atoms with Crippen LogP contribution in [0.25, 0.3) is 0 Å². The molecule has 1 atom stereocenters. The van der Waals surface area contributed by atoms with Gasteiger partial charge in [-0.2, -0.15) is 5.10 Å². The number of urea groups is 1. The Kier molecular flexibility index (Phi) is 3.70. The van der Waals surface area contributed by atoms with Gasteiger partial charge in [0.25, 0.3) is 0 Å². The smallest absolute Gasteiger partial charge is 0.332 e. The molecule has 1 aromatic rings. The molecule has 0 radical (unpaired) electrons. The zero-order chi connectivity index (χ0) is 14.9. The average Bonchev–Trinajstić information content (AvgIpc) is 2.35. The van der Waals surface area contributed by atoms with Gasteiger partial charge < -0.3 is 10.6 Å². The topological polar surface area (TPSA) is 70.7 Å². The first-order valence-electron chi connectivity index (χ1n) is 6.77. The number of nitrogens with one attached hydrogen (secondary N) is 1. The monoisotopic (exact) mass is 274 g/mol. The second-order valence-electron chi connectivity index (χ2n) is 6.03. The number of carbonyl (C=O) groups excluding carboxylic acids is 1. The lowest BCUT2D eigenvalue weighted by atomic mass is 9.80.